The quantitative estimate of drug-likeness (QED) is 0.0171. The molecule has 0 aromatic heterocycles. The van der Waals surface area contributed by atoms with Gasteiger partial charge in [0.25, 0.3) is 0 Å². The van der Waals surface area contributed by atoms with Crippen LogP contribution in [0.4, 0.5) is 0 Å². The molecule has 4 unspecified atom stereocenters. The molecule has 0 fully saturated rings. The summed E-state index contributed by atoms with van der Waals surface area (Å²) in [7, 11) is 3.79. The summed E-state index contributed by atoms with van der Waals surface area (Å²) in [6.07, 6.45) is 49.5. The normalized spacial score (nSPS) is 15.1. The van der Waals surface area contributed by atoms with Crippen LogP contribution < -0.4 is 21.3 Å². The molecule has 19 heteroatoms. The highest BCUT2D eigenvalue weighted by atomic mass is 31.3. The zero-order chi connectivity index (χ0) is 66.3. The first-order valence-electron chi connectivity index (χ1n) is 37.1. The highest BCUT2D eigenvalue weighted by Gasteiger charge is 2.21. The average molecular weight is 1270 g/mol. The van der Waals surface area contributed by atoms with Crippen molar-refractivity contribution in [3.05, 3.63) is 0 Å². The van der Waals surface area contributed by atoms with E-state index in [2.05, 4.69) is 55.9 Å². The number of hydrogen-bond acceptors (Lipinski definition) is 9. The Morgan fingerprint density at radius 2 is 0.729 bits per heavy atom. The standard InChI is InChI=1S/C39H78BN2O5PSi.C27H56BN2O4PSi/c1-4-7-10-13-15-17-18-20-21-24-27-30-37(43)42-35(34-46-49(40)48)33-41-38(44)32-36(29-26-23-12-9-6-3)47-39(45)31-28-25-22-19-16-14-11-8-5-2;1-3-5-7-9-10-11-12-13-14-16-18-20-26(32)30-24(23-34-36(28)35)22-29-27(33)21-25(31)19-17-15-8-6-4-2/h35-36,49H,4-34,48H2,1-3H3,(H,41,44)(H,42,43);24-25,31,36H,3-23,35H2,1-2H3,(H,29,33)(H,30,32)/t35-,36-,49?;24-,25-,36?/m11/s1/i48T,49D;35T,36D/t35-,36-,48?,49?;24-,25-,35?,36?. The molecule has 5 N–H and O–H groups in total. The van der Waals surface area contributed by atoms with E-state index in [1.54, 1.807) is 0 Å². The fraction of sp³-hybridized carbons (Fsp3) is 0.924. The van der Waals surface area contributed by atoms with Gasteiger partial charge in [-0.3, -0.25) is 24.0 Å². The lowest BCUT2D eigenvalue weighted by molar-refractivity contribution is -0.151. The number of nitrogens with one attached hydrogen (secondary N) is 4. The van der Waals surface area contributed by atoms with Gasteiger partial charge in [0, 0.05) is 34.8 Å². The Bertz CT molecular complexity index is 1670. The number of esters is 1. The second kappa shape index (κ2) is 67.1. The van der Waals surface area contributed by atoms with Crippen LogP contribution >= 0.6 is 17.5 Å². The summed E-state index contributed by atoms with van der Waals surface area (Å²) in [6.45, 7) is 11.2. The highest BCUT2D eigenvalue weighted by molar-refractivity contribution is 7.71. The molecule has 496 valence electrons. The summed E-state index contributed by atoms with van der Waals surface area (Å²) in [4.78, 5) is 63.4. The third kappa shape index (κ3) is 66.9. The maximum Gasteiger partial charge on any atom is 0.306 e. The molecule has 0 aliphatic rings. The number of aliphatic hydroxyl groups is 1. The van der Waals surface area contributed by atoms with Crippen LogP contribution in [0.1, 0.15) is 343 Å². The largest absolute Gasteiger partial charge is 0.462 e. The minimum Gasteiger partial charge on any atom is -0.462 e. The van der Waals surface area contributed by atoms with Gasteiger partial charge >= 0.3 is 5.97 Å². The minimum absolute atomic E-state index is 0.0115. The van der Waals surface area contributed by atoms with Crippen molar-refractivity contribution >= 4 is 79.0 Å². The van der Waals surface area contributed by atoms with Gasteiger partial charge < -0.3 is 40.0 Å². The van der Waals surface area contributed by atoms with E-state index in [9.17, 15) is 29.1 Å². The van der Waals surface area contributed by atoms with Crippen LogP contribution in [0.15, 0.2) is 0 Å². The summed E-state index contributed by atoms with van der Waals surface area (Å²) in [6, 6.07) is -1.09. The third-order valence-electron chi connectivity index (χ3n) is 15.6. The molecular weight excluding hydrogens is 1130 g/mol. The number of amides is 4. The first kappa shape index (κ1) is 77.9. The van der Waals surface area contributed by atoms with Gasteiger partial charge in [-0.15, -0.1) is 17.5 Å². The van der Waals surface area contributed by atoms with E-state index in [0.717, 1.165) is 103 Å². The van der Waals surface area contributed by atoms with E-state index in [4.69, 9.17) is 33.5 Å². The maximum absolute atomic E-state index is 13.1. The molecule has 0 heterocycles. The van der Waals surface area contributed by atoms with Crippen LogP contribution in [0, 0.1) is 0 Å². The van der Waals surface area contributed by atoms with E-state index in [0.29, 0.717) is 32.1 Å². The SMILES string of the molecule is [2H][Si]([B])(OC[C@@H](CNC(=O)C[C@@H](CCCCCCC)OC(=O)CCCCCCCCCCC)NC(=O)CCCCCCCCCCCCC)P[3H].[2H][Si]([B])(OC[C@@H](CNC(=O)C[C@H](O)CCCCCCC)NC(=O)CCCCCCCCCCCCC)P[3H]. The Morgan fingerprint density at radius 1 is 0.435 bits per heavy atom. The smallest absolute Gasteiger partial charge is 0.306 e. The first-order chi connectivity index (χ1) is 42.9. The molecule has 0 aromatic carbocycles. The van der Waals surface area contributed by atoms with E-state index < -0.39 is 58.8 Å². The molecule has 0 saturated carbocycles. The Labute approximate surface area is 538 Å². The van der Waals surface area contributed by atoms with Crippen LogP contribution in [0.3, 0.4) is 0 Å². The van der Waals surface area contributed by atoms with Crippen LogP contribution in [-0.2, 0) is 37.6 Å². The van der Waals surface area contributed by atoms with Crippen LogP contribution in [0.5, 0.6) is 0 Å². The molecule has 0 bridgehead atoms. The van der Waals surface area contributed by atoms with Crippen molar-refractivity contribution in [2.24, 2.45) is 0 Å². The van der Waals surface area contributed by atoms with Gasteiger partial charge in [0.1, 0.15) is 23.1 Å². The molecule has 0 aromatic rings. The van der Waals surface area contributed by atoms with Gasteiger partial charge in [0.15, 0.2) is 0 Å². The molecule has 13 nitrogen and oxygen atoms in total. The molecule has 85 heavy (non-hydrogen) atoms. The Balaban J connectivity index is 0. The van der Waals surface area contributed by atoms with Crippen LogP contribution in [-0.4, -0.2) is 122 Å². The second-order valence-corrected chi connectivity index (χ2v) is 29.2. The summed E-state index contributed by atoms with van der Waals surface area (Å²) >= 11 is 0. The number of aliphatic hydroxyl groups excluding tert-OH is 1. The zero-order valence-electron chi connectivity index (χ0n) is 59.4. The van der Waals surface area contributed by atoms with Gasteiger partial charge in [-0.2, -0.15) is 0 Å². The van der Waals surface area contributed by atoms with Crippen molar-refractivity contribution in [1.82, 2.24) is 21.3 Å². The predicted octanol–water partition coefficient (Wildman–Crippen LogP) is 14.8. The molecule has 0 aliphatic heterocycles. The van der Waals surface area contributed by atoms with E-state index in [1.165, 1.54) is 161 Å². The van der Waals surface area contributed by atoms with E-state index >= 15 is 0 Å². The van der Waals surface area contributed by atoms with E-state index in [-0.39, 0.29) is 68.7 Å². The first-order valence-corrected chi connectivity index (χ1v) is 41.1. The molecule has 0 rings (SSSR count). The lowest BCUT2D eigenvalue weighted by atomic mass is 10.0. The zero-order valence-corrected chi connectivity index (χ0v) is 59.4. The maximum atomic E-state index is 13.1. The Morgan fingerprint density at radius 3 is 1.07 bits per heavy atom. The average Bonchev–Trinajstić information content (AvgIpc) is 3.73. The number of hydrogen-bond donors (Lipinski definition) is 5. The van der Waals surface area contributed by atoms with Crippen molar-refractivity contribution in [2.45, 2.75) is 367 Å². The molecule has 0 saturated heterocycles. The number of unbranched alkanes of at least 4 members (excludes halogenated alkanes) is 36. The highest BCUT2D eigenvalue weighted by Crippen LogP contribution is 2.18. The summed E-state index contributed by atoms with van der Waals surface area (Å²) in [5.74, 6) is -0.995. The van der Waals surface area contributed by atoms with E-state index in [1.807, 2.05) is 0 Å². The predicted molar refractivity (Wildman–Crippen MR) is 373 cm³/mol. The molecule has 4 radical (unpaired) electrons. The summed E-state index contributed by atoms with van der Waals surface area (Å²) in [5, 5.41) is 21.7. The van der Waals surface area contributed by atoms with Crippen molar-refractivity contribution in [3.63, 3.8) is 0 Å². The molecule has 0 spiro atoms. The molecule has 8 atom stereocenters. The molecular formula is C66H134B2N4O9P2Si2. The van der Waals surface area contributed by atoms with Gasteiger partial charge in [-0.05, 0) is 38.5 Å². The second-order valence-electron chi connectivity index (χ2n) is 24.2. The van der Waals surface area contributed by atoms with Crippen molar-refractivity contribution < 1.29 is 42.7 Å². The van der Waals surface area contributed by atoms with Gasteiger partial charge in [-0.1, -0.05) is 272 Å². The fourth-order valence-electron chi connectivity index (χ4n) is 10.3. The van der Waals surface area contributed by atoms with Crippen molar-refractivity contribution in [2.75, 3.05) is 26.3 Å². The number of carbonyl (C=O) groups is 5. The Hall–Kier alpha value is -1.35. The fourth-order valence-corrected chi connectivity index (χ4v) is 11.6. The minimum atomic E-state index is -3.38. The lowest BCUT2D eigenvalue weighted by Gasteiger charge is -2.22. The lowest BCUT2D eigenvalue weighted by Crippen LogP contribution is -2.47. The number of ether oxygens (including phenoxy) is 1. The number of rotatable bonds is 65. The molecule has 4 amide bonds. The van der Waals surface area contributed by atoms with Gasteiger partial charge in [0.05, 0.1) is 61.7 Å². The number of carbonyl (C=O) groups excluding carboxylic acids is 5. The van der Waals surface area contributed by atoms with Crippen LogP contribution in [0.25, 0.3) is 0 Å². The summed E-state index contributed by atoms with van der Waals surface area (Å²) in [5.41, 5.74) is 0. The van der Waals surface area contributed by atoms with Crippen molar-refractivity contribution in [1.29, 1.82) is 5.03 Å². The third-order valence-corrected chi connectivity index (χ3v) is 17.4. The van der Waals surface area contributed by atoms with Gasteiger partial charge in [0.2, 0.25) is 23.6 Å². The Kier molecular flexibility index (Phi) is 61.5. The van der Waals surface area contributed by atoms with Gasteiger partial charge in [-0.25, -0.2) is 0 Å². The molecule has 0 aliphatic carbocycles. The van der Waals surface area contributed by atoms with Crippen LogP contribution in [0.2, 0.25) is 0 Å². The topological polar surface area (TPSA) is 181 Å². The van der Waals surface area contributed by atoms with Crippen molar-refractivity contribution in [3.8, 4) is 0 Å². The summed E-state index contributed by atoms with van der Waals surface area (Å²) < 4.78 is 47.8. The monoisotopic (exact) mass is 1270 g/mol.